The van der Waals surface area contributed by atoms with Crippen molar-refractivity contribution in [2.24, 2.45) is 0 Å². The molecule has 0 saturated heterocycles. The van der Waals surface area contributed by atoms with Crippen molar-refractivity contribution < 1.29 is 0 Å². The van der Waals surface area contributed by atoms with Crippen molar-refractivity contribution in [1.29, 1.82) is 0 Å². The minimum atomic E-state index is 0.0851. The summed E-state index contributed by atoms with van der Waals surface area (Å²) >= 11 is 7.24. The third-order valence-corrected chi connectivity index (χ3v) is 6.53. The summed E-state index contributed by atoms with van der Waals surface area (Å²) in [6.45, 7) is 0. The van der Waals surface area contributed by atoms with Gasteiger partial charge in [0, 0.05) is 4.90 Å². The Morgan fingerprint density at radius 2 is 1.81 bits per heavy atom. The molecule has 0 aliphatic heterocycles. The Labute approximate surface area is 116 Å². The minimum Gasteiger partial charge on any atom is -0.107 e. The van der Waals surface area contributed by atoms with Crippen molar-refractivity contribution in [2.45, 2.75) is 30.6 Å². The van der Waals surface area contributed by atoms with Crippen molar-refractivity contribution >= 4 is 45.0 Å². The Kier molecular flexibility index (Phi) is 4.86. The highest BCUT2D eigenvalue weighted by molar-refractivity contribution is 9.42. The first-order valence-corrected chi connectivity index (χ1v) is 8.26. The Hall–Kier alpha value is 0.140. The van der Waals surface area contributed by atoms with E-state index in [1.807, 2.05) is 0 Å². The van der Waals surface area contributed by atoms with Gasteiger partial charge in [-0.2, -0.15) is 0 Å². The molecule has 2 rings (SSSR count). The molecule has 86 valence electrons. The first kappa shape index (κ1) is 12.6. The van der Waals surface area contributed by atoms with Crippen LogP contribution in [-0.2, 0) is 0 Å². The molecule has 1 aromatic rings. The van der Waals surface area contributed by atoms with Crippen LogP contribution in [0.3, 0.4) is 0 Å². The fraction of sp³-hybridized carbons (Fsp3) is 0.308. The number of halogens is 2. The fourth-order valence-electron chi connectivity index (χ4n) is 1.89. The summed E-state index contributed by atoms with van der Waals surface area (Å²) in [5.41, 5.74) is 0. The van der Waals surface area contributed by atoms with Gasteiger partial charge in [0.15, 0.2) is 0 Å². The zero-order valence-corrected chi connectivity index (χ0v) is 12.9. The van der Waals surface area contributed by atoms with E-state index in [0.717, 1.165) is 0 Å². The molecule has 0 N–H and O–H groups in total. The minimum absolute atomic E-state index is 0.0851. The van der Waals surface area contributed by atoms with E-state index in [4.69, 9.17) is 0 Å². The van der Waals surface area contributed by atoms with Crippen LogP contribution in [0.1, 0.15) is 25.7 Å². The van der Waals surface area contributed by atoms with Crippen molar-refractivity contribution in [3.05, 3.63) is 41.3 Å². The van der Waals surface area contributed by atoms with Crippen LogP contribution >= 0.6 is 42.3 Å². The Morgan fingerprint density at radius 3 is 2.38 bits per heavy atom. The third-order valence-electron chi connectivity index (χ3n) is 2.64. The molecule has 0 nitrogen and oxygen atoms in total. The van der Waals surface area contributed by atoms with Gasteiger partial charge >= 0.3 is 0 Å². The lowest BCUT2D eigenvalue weighted by Crippen LogP contribution is -1.92. The average Bonchev–Trinajstić information content (AvgIpc) is 2.31. The maximum atomic E-state index is 3.62. The van der Waals surface area contributed by atoms with E-state index in [9.17, 15) is 0 Å². The van der Waals surface area contributed by atoms with Crippen LogP contribution < -0.4 is 0 Å². The molecule has 0 heterocycles. The van der Waals surface area contributed by atoms with Gasteiger partial charge < -0.3 is 0 Å². The molecule has 16 heavy (non-hydrogen) atoms. The summed E-state index contributed by atoms with van der Waals surface area (Å²) in [5, 5.41) is 0. The van der Waals surface area contributed by atoms with Crippen LogP contribution in [0, 0.1) is 0 Å². The summed E-state index contributed by atoms with van der Waals surface area (Å²) in [7, 11) is 0.0851. The van der Waals surface area contributed by atoms with Crippen molar-refractivity contribution in [3.63, 3.8) is 0 Å². The zero-order valence-electron chi connectivity index (χ0n) is 8.96. The van der Waals surface area contributed by atoms with Crippen molar-refractivity contribution in [2.75, 3.05) is 0 Å². The summed E-state index contributed by atoms with van der Waals surface area (Å²) in [6.07, 6.45) is 7.56. The summed E-state index contributed by atoms with van der Waals surface area (Å²) < 4.78 is 1.17. The van der Waals surface area contributed by atoms with Gasteiger partial charge in [0.1, 0.15) is 0 Å². The van der Waals surface area contributed by atoms with Crippen molar-refractivity contribution in [1.82, 2.24) is 0 Å². The normalized spacial score (nSPS) is 17.8. The second kappa shape index (κ2) is 6.18. The van der Waals surface area contributed by atoms with Gasteiger partial charge in [0.25, 0.3) is 0 Å². The highest BCUT2D eigenvalue weighted by Gasteiger charge is 2.12. The average molecular weight is 362 g/mol. The standard InChI is InChI=1S/C13H14Br2S/c14-13(15)16(11-7-3-1-4-8-11)12-9-5-2-6-10-12/h1,3-4,7-9H,2,5-6,10H2. The highest BCUT2D eigenvalue weighted by Crippen LogP contribution is 2.43. The largest absolute Gasteiger partial charge is 0.107 e. The molecule has 0 saturated carbocycles. The van der Waals surface area contributed by atoms with E-state index in [2.05, 4.69) is 68.3 Å². The molecule has 0 bridgehead atoms. The molecule has 0 amide bonds. The van der Waals surface area contributed by atoms with Crippen LogP contribution in [0.25, 0.3) is 0 Å². The molecule has 0 aromatic heterocycles. The van der Waals surface area contributed by atoms with E-state index >= 15 is 0 Å². The maximum Gasteiger partial charge on any atom is 0.0925 e. The first-order valence-electron chi connectivity index (χ1n) is 5.45. The molecular weight excluding hydrogens is 348 g/mol. The highest BCUT2D eigenvalue weighted by atomic mass is 79.9. The summed E-state index contributed by atoms with van der Waals surface area (Å²) in [6, 6.07) is 10.7. The summed E-state index contributed by atoms with van der Waals surface area (Å²) in [4.78, 5) is 2.96. The number of allylic oxidation sites excluding steroid dienone is 2. The van der Waals surface area contributed by atoms with Gasteiger partial charge in [-0.15, -0.1) is 10.5 Å². The molecule has 1 atom stereocenters. The van der Waals surface area contributed by atoms with Crippen LogP contribution in [0.2, 0.25) is 0 Å². The van der Waals surface area contributed by atoms with E-state index in [-0.39, 0.29) is 10.5 Å². The SMILES string of the molecule is BrC(Br)=S(C1=CCCCC1)c1ccccc1. The van der Waals surface area contributed by atoms with E-state index in [1.54, 1.807) is 4.91 Å². The van der Waals surface area contributed by atoms with Crippen LogP contribution in [-0.4, -0.2) is 2.68 Å². The Balaban J connectivity index is 2.40. The fourth-order valence-corrected chi connectivity index (χ4v) is 6.00. The van der Waals surface area contributed by atoms with Gasteiger partial charge in [0.05, 0.1) is 2.68 Å². The molecule has 1 aromatic carbocycles. The van der Waals surface area contributed by atoms with Crippen LogP contribution in [0.5, 0.6) is 0 Å². The summed E-state index contributed by atoms with van der Waals surface area (Å²) in [5.74, 6) is 0. The molecule has 0 fully saturated rings. The zero-order chi connectivity index (χ0) is 11.4. The van der Waals surface area contributed by atoms with Gasteiger partial charge in [-0.3, -0.25) is 0 Å². The van der Waals surface area contributed by atoms with Gasteiger partial charge in [-0.05, 0) is 74.6 Å². The lowest BCUT2D eigenvalue weighted by Gasteiger charge is -2.18. The molecule has 1 unspecified atom stereocenters. The Bertz CT molecular complexity index is 417. The van der Waals surface area contributed by atoms with E-state index in [1.165, 1.54) is 33.3 Å². The second-order valence-corrected chi connectivity index (χ2v) is 9.48. The topological polar surface area (TPSA) is 0 Å². The van der Waals surface area contributed by atoms with E-state index in [0.29, 0.717) is 0 Å². The lowest BCUT2D eigenvalue weighted by molar-refractivity contribution is 0.723. The van der Waals surface area contributed by atoms with Crippen LogP contribution in [0.4, 0.5) is 0 Å². The van der Waals surface area contributed by atoms with E-state index < -0.39 is 0 Å². The molecule has 0 radical (unpaired) electrons. The molecular formula is C13H14Br2S. The lowest BCUT2D eigenvalue weighted by atomic mass is 10.1. The van der Waals surface area contributed by atoms with Gasteiger partial charge in [0.2, 0.25) is 0 Å². The number of hydrogen-bond acceptors (Lipinski definition) is 0. The second-order valence-electron chi connectivity index (χ2n) is 3.76. The Morgan fingerprint density at radius 1 is 1.06 bits per heavy atom. The van der Waals surface area contributed by atoms with Gasteiger partial charge in [-0.25, -0.2) is 0 Å². The predicted octanol–water partition coefficient (Wildman–Crippen LogP) is 5.65. The molecule has 3 heteroatoms. The monoisotopic (exact) mass is 360 g/mol. The predicted molar refractivity (Wildman–Crippen MR) is 81.7 cm³/mol. The smallest absolute Gasteiger partial charge is 0.0925 e. The quantitative estimate of drug-likeness (QED) is 0.471. The van der Waals surface area contributed by atoms with Gasteiger partial charge in [-0.1, -0.05) is 24.3 Å². The third kappa shape index (κ3) is 3.08. The maximum absolute atomic E-state index is 3.62. The number of hydrogen-bond donors (Lipinski definition) is 0. The molecule has 1 aliphatic carbocycles. The number of benzene rings is 1. The first-order chi connectivity index (χ1) is 7.79. The van der Waals surface area contributed by atoms with Crippen molar-refractivity contribution in [3.8, 4) is 0 Å². The number of rotatable bonds is 2. The van der Waals surface area contributed by atoms with Crippen LogP contribution in [0.15, 0.2) is 46.2 Å². The molecule has 1 aliphatic rings. The molecule has 0 spiro atoms.